The number of phosphoric acid groups is 2. The van der Waals surface area contributed by atoms with E-state index < -0.39 is 83.7 Å². The first-order valence-electron chi connectivity index (χ1n) is 12.6. The third-order valence-corrected chi connectivity index (χ3v) is 9.35. The van der Waals surface area contributed by atoms with Crippen LogP contribution >= 0.6 is 15.6 Å². The number of anilines is 1. The van der Waals surface area contributed by atoms with Crippen molar-refractivity contribution in [1.82, 2.24) is 19.5 Å². The largest absolute Gasteiger partial charge is 0.756 e. The van der Waals surface area contributed by atoms with Crippen molar-refractivity contribution in [3.8, 4) is 0 Å². The number of ether oxygens (including phenoxy) is 2. The summed E-state index contributed by atoms with van der Waals surface area (Å²) in [4.78, 5) is 48.2. The first-order valence-corrected chi connectivity index (χ1v) is 15.5. The number of pyridine rings is 1. The molecule has 0 aliphatic carbocycles. The van der Waals surface area contributed by atoms with Gasteiger partial charge in [-0.3, -0.25) is 18.5 Å². The van der Waals surface area contributed by atoms with Gasteiger partial charge in [-0.25, -0.2) is 28.8 Å². The number of amides is 1. The Balaban J connectivity index is 1.16. The molecule has 0 saturated carbocycles. The zero-order valence-electron chi connectivity index (χ0n) is 22.2. The minimum atomic E-state index is -5.62. The van der Waals surface area contributed by atoms with E-state index in [1.54, 1.807) is 0 Å². The van der Waals surface area contributed by atoms with E-state index in [0.29, 0.717) is 0 Å². The van der Waals surface area contributed by atoms with Crippen LogP contribution in [0.25, 0.3) is 11.2 Å². The first-order chi connectivity index (χ1) is 20.7. The second-order valence-corrected chi connectivity index (χ2v) is 12.7. The van der Waals surface area contributed by atoms with Crippen molar-refractivity contribution in [2.75, 3.05) is 18.9 Å². The van der Waals surface area contributed by atoms with Gasteiger partial charge < -0.3 is 55.7 Å². The normalized spacial score (nSPS) is 31.6. The van der Waals surface area contributed by atoms with Crippen molar-refractivity contribution in [1.29, 1.82) is 0 Å². The van der Waals surface area contributed by atoms with Gasteiger partial charge in [-0.1, -0.05) is 0 Å². The maximum absolute atomic E-state index is 12.4. The smallest absolute Gasteiger partial charge is 0.478 e. The Hall–Kier alpha value is -3.01. The molecule has 2 aliphatic rings. The van der Waals surface area contributed by atoms with E-state index in [-0.39, 0.29) is 28.1 Å². The van der Waals surface area contributed by atoms with Crippen LogP contribution in [0.2, 0.25) is 0 Å². The third kappa shape index (κ3) is 6.65. The molecule has 2 saturated heterocycles. The number of aromatic nitrogens is 5. The van der Waals surface area contributed by atoms with Crippen molar-refractivity contribution in [3.63, 3.8) is 0 Å². The molecule has 0 bridgehead atoms. The number of nitrogen functional groups attached to an aromatic ring is 1. The fourth-order valence-corrected chi connectivity index (χ4v) is 6.67. The number of phosphoric ester groups is 2. The van der Waals surface area contributed by atoms with Gasteiger partial charge in [-0.15, -0.1) is 0 Å². The van der Waals surface area contributed by atoms with Crippen molar-refractivity contribution in [3.05, 3.63) is 42.2 Å². The number of H-pyrrole nitrogens is 1. The summed E-state index contributed by atoms with van der Waals surface area (Å²) in [5, 5.41) is 41.6. The number of hydrogen-bond acceptors (Lipinski definition) is 17. The number of rotatable bonds is 11. The van der Waals surface area contributed by atoms with Crippen LogP contribution in [-0.2, 0) is 32.0 Å². The molecular weight excluding hydrogens is 636 g/mol. The summed E-state index contributed by atoms with van der Waals surface area (Å²) in [5.74, 6) is -0.739. The number of imidazole rings is 1. The van der Waals surface area contributed by atoms with E-state index in [1.807, 2.05) is 0 Å². The van der Waals surface area contributed by atoms with Crippen LogP contribution in [0.4, 0.5) is 5.82 Å². The van der Waals surface area contributed by atoms with Crippen molar-refractivity contribution in [2.45, 2.75) is 49.0 Å². The SMILES string of the molecule is NC(=O)c1c[nH+]cc([C@@H]2O[C@@H](COP(=O)([O-])OP(=O)(O)OC[C@@H]3O[C@@H](n4cnc5c(N)ncnc54)[C@H](O)[C@H]3O)[C@H](O)[C@H]2O)c1. The molecule has 3 aromatic heterocycles. The monoisotopic (exact) mass is 663 g/mol. The molecule has 21 nitrogen and oxygen atoms in total. The molecule has 1 amide bonds. The molecule has 5 rings (SSSR count). The lowest BCUT2D eigenvalue weighted by Crippen LogP contribution is -2.34. The summed E-state index contributed by atoms with van der Waals surface area (Å²) in [7, 11) is -11.0. The fourth-order valence-electron chi connectivity index (χ4n) is 4.62. The Kier molecular flexibility index (Phi) is 9.13. The molecule has 10 atom stereocenters. The molecule has 5 heterocycles. The molecule has 0 aromatic carbocycles. The average Bonchev–Trinajstić information content (AvgIpc) is 3.61. The summed E-state index contributed by atoms with van der Waals surface area (Å²) < 4.78 is 50.3. The minimum absolute atomic E-state index is 0.0409. The number of nitrogens with zero attached hydrogens (tertiary/aromatic N) is 4. The number of carbonyl (C=O) groups excluding carboxylic acids is 1. The lowest BCUT2D eigenvalue weighted by Gasteiger charge is -2.26. The van der Waals surface area contributed by atoms with E-state index in [0.717, 1.165) is 6.33 Å². The van der Waals surface area contributed by atoms with Gasteiger partial charge in [-0.05, 0) is 6.07 Å². The van der Waals surface area contributed by atoms with Gasteiger partial charge in [0.25, 0.3) is 13.7 Å². The number of aromatic amines is 1. The molecule has 44 heavy (non-hydrogen) atoms. The molecule has 2 unspecified atom stereocenters. The summed E-state index contributed by atoms with van der Waals surface area (Å²) in [5.41, 5.74) is 11.6. The van der Waals surface area contributed by atoms with Crippen LogP contribution in [0.3, 0.4) is 0 Å². The molecule has 2 aliphatic heterocycles. The first kappa shape index (κ1) is 32.4. The topological polar surface area (TPSA) is 331 Å². The van der Waals surface area contributed by atoms with Crippen molar-refractivity contribution in [2.24, 2.45) is 5.73 Å². The molecule has 3 aromatic rings. The minimum Gasteiger partial charge on any atom is -0.756 e. The number of nitrogens with one attached hydrogen (secondary N) is 1. The Morgan fingerprint density at radius 2 is 1.70 bits per heavy atom. The van der Waals surface area contributed by atoms with Crippen LogP contribution in [0.15, 0.2) is 31.1 Å². The van der Waals surface area contributed by atoms with Gasteiger partial charge in [-0.2, -0.15) is 0 Å². The lowest BCUT2D eigenvalue weighted by molar-refractivity contribution is -0.379. The summed E-state index contributed by atoms with van der Waals surface area (Å²) >= 11 is 0. The number of nitrogens with two attached hydrogens (primary N) is 2. The second kappa shape index (κ2) is 12.4. The van der Waals surface area contributed by atoms with E-state index in [9.17, 15) is 44.1 Å². The number of carbonyl (C=O) groups is 1. The lowest BCUT2D eigenvalue weighted by atomic mass is 10.0. The Labute approximate surface area is 246 Å². The Morgan fingerprint density at radius 3 is 2.43 bits per heavy atom. The second-order valence-electron chi connectivity index (χ2n) is 9.71. The zero-order chi connectivity index (χ0) is 32.0. The molecule has 10 N–H and O–H groups in total. The average molecular weight is 663 g/mol. The molecule has 240 valence electrons. The highest BCUT2D eigenvalue weighted by molar-refractivity contribution is 7.60. The van der Waals surface area contributed by atoms with Gasteiger partial charge in [0.05, 0.1) is 19.5 Å². The standard InChI is InChI=1S/C21H27N7O14P2/c22-18-12-20(26-6-25-18)28(7-27-12)21-16(32)14(30)11(41-21)5-39-44(36,37)42-43(34,35)38-4-10-13(29)15(31)17(40-10)8-1-9(19(23)33)3-24-2-8/h1-3,6-7,10-11,13-17,21,29-32H,4-5H2,(H2,23,33)(H,34,35)(H,36,37)(H2,22,25,26)/t10-,11-,13-,14-,15+,16+,17-,21+/m0/s1. The van der Waals surface area contributed by atoms with Crippen LogP contribution in [0.1, 0.15) is 28.3 Å². The van der Waals surface area contributed by atoms with Crippen molar-refractivity contribution < 1.29 is 72.0 Å². The predicted molar refractivity (Wildman–Crippen MR) is 137 cm³/mol. The Bertz CT molecular complexity index is 1630. The quantitative estimate of drug-likeness (QED) is 0.0975. The van der Waals surface area contributed by atoms with E-state index >= 15 is 0 Å². The van der Waals surface area contributed by atoms with E-state index in [2.05, 4.69) is 33.3 Å². The molecule has 2 fully saturated rings. The number of aliphatic hydroxyl groups excluding tert-OH is 4. The molecular formula is C21H27N7O14P2. The maximum Gasteiger partial charge on any atom is 0.478 e. The summed E-state index contributed by atoms with van der Waals surface area (Å²) in [6.45, 7) is -1.88. The van der Waals surface area contributed by atoms with Crippen LogP contribution in [-0.4, -0.2) is 101 Å². The summed E-state index contributed by atoms with van der Waals surface area (Å²) in [6.07, 6.45) is -6.96. The highest BCUT2D eigenvalue weighted by Crippen LogP contribution is 2.58. The third-order valence-electron chi connectivity index (χ3n) is 6.79. The van der Waals surface area contributed by atoms with Gasteiger partial charge in [0.15, 0.2) is 30.1 Å². The van der Waals surface area contributed by atoms with Crippen LogP contribution in [0.5, 0.6) is 0 Å². The molecule has 0 spiro atoms. The van der Waals surface area contributed by atoms with E-state index in [1.165, 1.54) is 29.4 Å². The van der Waals surface area contributed by atoms with Crippen LogP contribution < -0.4 is 21.3 Å². The zero-order valence-corrected chi connectivity index (χ0v) is 24.0. The summed E-state index contributed by atoms with van der Waals surface area (Å²) in [6, 6.07) is 1.29. The number of primary amides is 1. The highest BCUT2D eigenvalue weighted by atomic mass is 31.3. The fraction of sp³-hybridized carbons (Fsp3) is 0.476. The van der Waals surface area contributed by atoms with Gasteiger partial charge in [0, 0.05) is 5.56 Å². The van der Waals surface area contributed by atoms with E-state index in [4.69, 9.17) is 20.9 Å². The Morgan fingerprint density at radius 1 is 1.02 bits per heavy atom. The highest BCUT2D eigenvalue weighted by Gasteiger charge is 2.47. The predicted octanol–water partition coefficient (Wildman–Crippen LogP) is -3.58. The molecule has 23 heteroatoms. The number of aliphatic hydroxyl groups is 4. The molecule has 0 radical (unpaired) electrons. The number of hydrogen-bond donors (Lipinski definition) is 7. The van der Waals surface area contributed by atoms with Crippen LogP contribution in [0, 0.1) is 0 Å². The maximum atomic E-state index is 12.4. The van der Waals surface area contributed by atoms with Gasteiger partial charge in [0.1, 0.15) is 60.1 Å². The van der Waals surface area contributed by atoms with Gasteiger partial charge >= 0.3 is 7.82 Å². The number of fused-ring (bicyclic) bond motifs is 1. The van der Waals surface area contributed by atoms with Gasteiger partial charge in [0.2, 0.25) is 0 Å². The van der Waals surface area contributed by atoms with Crippen molar-refractivity contribution >= 4 is 38.5 Å².